The fraction of sp³-hybridized carbons (Fsp3) is 1.00. The van der Waals surface area contributed by atoms with Crippen molar-refractivity contribution >= 4 is 0 Å². The summed E-state index contributed by atoms with van der Waals surface area (Å²) in [7, 11) is 2.21. The van der Waals surface area contributed by atoms with Crippen LogP contribution in [0.4, 0.5) is 0 Å². The Labute approximate surface area is 118 Å². The van der Waals surface area contributed by atoms with E-state index < -0.39 is 0 Å². The van der Waals surface area contributed by atoms with Gasteiger partial charge in [-0.3, -0.25) is 0 Å². The lowest BCUT2D eigenvalue weighted by molar-refractivity contribution is 0.0570. The molecule has 0 amide bonds. The SMILES string of the molecule is CC(N(C)CC(CO)(NC1CC1)C1CC1)C(C)(C)C. The van der Waals surface area contributed by atoms with Crippen LogP contribution in [0, 0.1) is 11.3 Å². The third-order valence-corrected chi connectivity index (χ3v) is 5.16. The van der Waals surface area contributed by atoms with E-state index in [2.05, 4.69) is 45.0 Å². The molecule has 2 N–H and O–H groups in total. The van der Waals surface area contributed by atoms with Crippen molar-refractivity contribution in [3.8, 4) is 0 Å². The number of likely N-dealkylation sites (N-methyl/N-ethyl adjacent to an activating group) is 1. The minimum absolute atomic E-state index is 0.0601. The highest BCUT2D eigenvalue weighted by Crippen LogP contribution is 2.42. The molecule has 2 unspecified atom stereocenters. The first-order valence-electron chi connectivity index (χ1n) is 7.87. The first-order chi connectivity index (χ1) is 8.78. The number of rotatable bonds is 7. The molecule has 0 aliphatic heterocycles. The zero-order chi connectivity index (χ0) is 14.3. The van der Waals surface area contributed by atoms with Crippen molar-refractivity contribution in [2.75, 3.05) is 20.2 Å². The number of hydrogen-bond donors (Lipinski definition) is 2. The van der Waals surface area contributed by atoms with Gasteiger partial charge in [-0.1, -0.05) is 20.8 Å². The second kappa shape index (κ2) is 5.34. The number of nitrogens with zero attached hydrogens (tertiary/aromatic N) is 1. The van der Waals surface area contributed by atoms with Gasteiger partial charge in [0.25, 0.3) is 0 Å². The molecule has 0 aromatic rings. The Morgan fingerprint density at radius 2 is 1.79 bits per heavy atom. The predicted octanol–water partition coefficient (Wildman–Crippen LogP) is 2.25. The molecule has 2 rings (SSSR count). The van der Waals surface area contributed by atoms with Crippen LogP contribution in [-0.2, 0) is 0 Å². The number of aliphatic hydroxyl groups excluding tert-OH is 1. The molecule has 2 atom stereocenters. The van der Waals surface area contributed by atoms with Gasteiger partial charge < -0.3 is 15.3 Å². The highest BCUT2D eigenvalue weighted by Gasteiger charge is 2.48. The van der Waals surface area contributed by atoms with E-state index in [1.165, 1.54) is 25.7 Å². The normalized spacial score (nSPS) is 25.4. The molecule has 112 valence electrons. The summed E-state index contributed by atoms with van der Waals surface area (Å²) in [5.74, 6) is 0.674. The smallest absolute Gasteiger partial charge is 0.0628 e. The highest BCUT2D eigenvalue weighted by atomic mass is 16.3. The van der Waals surface area contributed by atoms with Crippen molar-refractivity contribution < 1.29 is 5.11 Å². The Hall–Kier alpha value is -0.120. The fourth-order valence-corrected chi connectivity index (χ4v) is 3.03. The summed E-state index contributed by atoms with van der Waals surface area (Å²) in [5.41, 5.74) is 0.217. The second-order valence-electron chi connectivity index (χ2n) is 7.96. The molecule has 0 aromatic heterocycles. The first-order valence-corrected chi connectivity index (χ1v) is 7.87. The van der Waals surface area contributed by atoms with Crippen molar-refractivity contribution in [1.82, 2.24) is 10.2 Å². The van der Waals surface area contributed by atoms with Crippen LogP contribution in [0.15, 0.2) is 0 Å². The van der Waals surface area contributed by atoms with Crippen LogP contribution in [0.2, 0.25) is 0 Å². The third kappa shape index (κ3) is 3.71. The molecule has 3 nitrogen and oxygen atoms in total. The third-order valence-electron chi connectivity index (χ3n) is 5.16. The molecule has 0 heterocycles. The second-order valence-corrected chi connectivity index (χ2v) is 7.96. The zero-order valence-corrected chi connectivity index (χ0v) is 13.4. The Morgan fingerprint density at radius 1 is 1.21 bits per heavy atom. The van der Waals surface area contributed by atoms with Gasteiger partial charge in [0, 0.05) is 18.6 Å². The van der Waals surface area contributed by atoms with E-state index in [1.807, 2.05) is 0 Å². The Balaban J connectivity index is 2.02. The van der Waals surface area contributed by atoms with Crippen molar-refractivity contribution in [2.45, 2.75) is 71.0 Å². The molecule has 0 aromatic carbocycles. The quantitative estimate of drug-likeness (QED) is 0.743. The average Bonchev–Trinajstić information content (AvgIpc) is 3.16. The predicted molar refractivity (Wildman–Crippen MR) is 80.2 cm³/mol. The van der Waals surface area contributed by atoms with Crippen LogP contribution in [-0.4, -0.2) is 47.8 Å². The van der Waals surface area contributed by atoms with Crippen LogP contribution in [0.25, 0.3) is 0 Å². The molecule has 2 fully saturated rings. The van der Waals surface area contributed by atoms with Gasteiger partial charge in [0.15, 0.2) is 0 Å². The molecule has 0 saturated heterocycles. The van der Waals surface area contributed by atoms with Gasteiger partial charge in [-0.05, 0) is 51.0 Å². The molecule has 0 radical (unpaired) electrons. The summed E-state index contributed by atoms with van der Waals surface area (Å²) in [6.45, 7) is 10.4. The minimum atomic E-state index is -0.0601. The highest BCUT2D eigenvalue weighted by molar-refractivity contribution is 5.06. The van der Waals surface area contributed by atoms with Crippen molar-refractivity contribution in [1.29, 1.82) is 0 Å². The van der Waals surface area contributed by atoms with Gasteiger partial charge in [0.2, 0.25) is 0 Å². The lowest BCUT2D eigenvalue weighted by Gasteiger charge is -2.43. The van der Waals surface area contributed by atoms with Gasteiger partial charge >= 0.3 is 0 Å². The van der Waals surface area contributed by atoms with Crippen LogP contribution < -0.4 is 5.32 Å². The number of aliphatic hydroxyl groups is 1. The Kier molecular flexibility index (Phi) is 4.29. The van der Waals surface area contributed by atoms with Crippen LogP contribution in [0.5, 0.6) is 0 Å². The van der Waals surface area contributed by atoms with Gasteiger partial charge in [-0.2, -0.15) is 0 Å². The minimum Gasteiger partial charge on any atom is -0.394 e. The maximum absolute atomic E-state index is 10.0. The molecule has 3 heteroatoms. The molecule has 0 bridgehead atoms. The largest absolute Gasteiger partial charge is 0.394 e. The van der Waals surface area contributed by atoms with Gasteiger partial charge in [0.05, 0.1) is 12.1 Å². The Bertz CT molecular complexity index is 304. The van der Waals surface area contributed by atoms with Crippen molar-refractivity contribution in [3.05, 3.63) is 0 Å². The molecule has 2 saturated carbocycles. The molecular formula is C16H32N2O. The van der Waals surface area contributed by atoms with Gasteiger partial charge in [0.1, 0.15) is 0 Å². The van der Waals surface area contributed by atoms with Crippen LogP contribution in [0.3, 0.4) is 0 Å². The van der Waals surface area contributed by atoms with Gasteiger partial charge in [-0.15, -0.1) is 0 Å². The number of nitrogens with one attached hydrogen (secondary N) is 1. The lowest BCUT2D eigenvalue weighted by Crippen LogP contribution is -2.60. The molecule has 2 aliphatic rings. The summed E-state index contributed by atoms with van der Waals surface area (Å²) in [4.78, 5) is 2.43. The maximum Gasteiger partial charge on any atom is 0.0628 e. The maximum atomic E-state index is 10.0. The molecule has 19 heavy (non-hydrogen) atoms. The van der Waals surface area contributed by atoms with Crippen LogP contribution >= 0.6 is 0 Å². The van der Waals surface area contributed by atoms with E-state index in [9.17, 15) is 5.11 Å². The molecule has 2 aliphatic carbocycles. The van der Waals surface area contributed by atoms with Crippen molar-refractivity contribution in [3.63, 3.8) is 0 Å². The van der Waals surface area contributed by atoms with E-state index in [0.717, 1.165) is 6.54 Å². The number of hydrogen-bond acceptors (Lipinski definition) is 3. The van der Waals surface area contributed by atoms with Gasteiger partial charge in [-0.25, -0.2) is 0 Å². The lowest BCUT2D eigenvalue weighted by atomic mass is 9.85. The molecular weight excluding hydrogens is 236 g/mol. The summed E-state index contributed by atoms with van der Waals surface area (Å²) in [5, 5.41) is 13.8. The van der Waals surface area contributed by atoms with Crippen molar-refractivity contribution in [2.24, 2.45) is 11.3 Å². The van der Waals surface area contributed by atoms with E-state index in [-0.39, 0.29) is 17.6 Å². The molecule has 0 spiro atoms. The summed E-state index contributed by atoms with van der Waals surface area (Å²) in [6.07, 6.45) is 5.12. The topological polar surface area (TPSA) is 35.5 Å². The standard InChI is InChI=1S/C16H32N2O/c1-12(15(2,3)4)18(5)10-16(11-19,13-6-7-13)17-14-8-9-14/h12-14,17,19H,6-11H2,1-5H3. The fourth-order valence-electron chi connectivity index (χ4n) is 3.03. The first kappa shape index (κ1) is 15.3. The summed E-state index contributed by atoms with van der Waals surface area (Å²) in [6, 6.07) is 1.17. The summed E-state index contributed by atoms with van der Waals surface area (Å²) >= 11 is 0. The van der Waals surface area contributed by atoms with E-state index in [4.69, 9.17) is 0 Å². The monoisotopic (exact) mass is 268 g/mol. The average molecular weight is 268 g/mol. The van der Waals surface area contributed by atoms with Crippen LogP contribution in [0.1, 0.15) is 53.4 Å². The summed E-state index contributed by atoms with van der Waals surface area (Å²) < 4.78 is 0. The van der Waals surface area contributed by atoms with E-state index >= 15 is 0 Å². The van der Waals surface area contributed by atoms with E-state index in [0.29, 0.717) is 18.0 Å². The Morgan fingerprint density at radius 3 is 2.16 bits per heavy atom. The zero-order valence-electron chi connectivity index (χ0n) is 13.4. The van der Waals surface area contributed by atoms with E-state index in [1.54, 1.807) is 0 Å².